The maximum atomic E-state index is 12.4. The van der Waals surface area contributed by atoms with Crippen molar-refractivity contribution in [1.29, 1.82) is 0 Å². The first-order valence-electron chi connectivity index (χ1n) is 12.0. The SMILES string of the molecule is CC1(C)Cc2nc(Nc3cc4c([C@](C)(N)C5CC5)cnc(OC5CC5)c4cn3)ccc2C(=O)N1. The van der Waals surface area contributed by atoms with Crippen LogP contribution < -0.4 is 21.1 Å². The summed E-state index contributed by atoms with van der Waals surface area (Å²) < 4.78 is 6.07. The van der Waals surface area contributed by atoms with E-state index in [4.69, 9.17) is 15.5 Å². The molecule has 1 amide bonds. The van der Waals surface area contributed by atoms with Gasteiger partial charge in [0.05, 0.1) is 16.6 Å². The molecule has 3 aliphatic rings. The Kier molecular flexibility index (Phi) is 4.61. The number of carbonyl (C=O) groups is 1. The monoisotopic (exact) mass is 458 g/mol. The van der Waals surface area contributed by atoms with Crippen molar-refractivity contribution in [2.45, 2.75) is 70.1 Å². The molecule has 34 heavy (non-hydrogen) atoms. The zero-order chi connectivity index (χ0) is 23.7. The van der Waals surface area contributed by atoms with E-state index in [-0.39, 0.29) is 17.6 Å². The predicted octanol–water partition coefficient (Wildman–Crippen LogP) is 3.96. The summed E-state index contributed by atoms with van der Waals surface area (Å²) in [5.74, 6) is 2.30. The normalized spacial score (nSPS) is 20.9. The zero-order valence-electron chi connectivity index (χ0n) is 19.8. The fourth-order valence-electron chi connectivity index (χ4n) is 4.83. The summed E-state index contributed by atoms with van der Waals surface area (Å²) in [7, 11) is 0. The van der Waals surface area contributed by atoms with Gasteiger partial charge in [-0.3, -0.25) is 4.79 Å². The van der Waals surface area contributed by atoms with Crippen molar-refractivity contribution >= 4 is 28.3 Å². The maximum Gasteiger partial charge on any atom is 0.253 e. The molecular weight excluding hydrogens is 428 g/mol. The molecule has 8 nitrogen and oxygen atoms in total. The molecule has 3 aromatic heterocycles. The number of anilines is 2. The minimum atomic E-state index is -0.467. The molecule has 1 aliphatic heterocycles. The van der Waals surface area contributed by atoms with Gasteiger partial charge in [0, 0.05) is 29.9 Å². The van der Waals surface area contributed by atoms with E-state index in [0.717, 1.165) is 47.7 Å². The Morgan fingerprint density at radius 2 is 1.91 bits per heavy atom. The summed E-state index contributed by atoms with van der Waals surface area (Å²) in [4.78, 5) is 26.4. The van der Waals surface area contributed by atoms with E-state index in [9.17, 15) is 4.79 Å². The zero-order valence-corrected chi connectivity index (χ0v) is 19.8. The Labute approximate surface area is 198 Å². The molecule has 0 saturated heterocycles. The number of carbonyl (C=O) groups excluding carboxylic acids is 1. The molecule has 0 aromatic carbocycles. The van der Waals surface area contributed by atoms with Crippen molar-refractivity contribution in [2.24, 2.45) is 11.7 Å². The van der Waals surface area contributed by atoms with Crippen molar-refractivity contribution in [2.75, 3.05) is 5.32 Å². The molecule has 176 valence electrons. The number of hydrogen-bond acceptors (Lipinski definition) is 7. The lowest BCUT2D eigenvalue weighted by Gasteiger charge is -2.31. The first-order valence-corrected chi connectivity index (χ1v) is 12.0. The maximum absolute atomic E-state index is 12.4. The summed E-state index contributed by atoms with van der Waals surface area (Å²) in [6.45, 7) is 6.09. The van der Waals surface area contributed by atoms with E-state index >= 15 is 0 Å². The molecule has 1 atom stereocenters. The summed E-state index contributed by atoms with van der Waals surface area (Å²) in [5, 5.41) is 8.22. The number of nitrogens with zero attached hydrogens (tertiary/aromatic N) is 3. The Morgan fingerprint density at radius 3 is 2.65 bits per heavy atom. The minimum absolute atomic E-state index is 0.0863. The number of ether oxygens (including phenoxy) is 1. The number of pyridine rings is 3. The van der Waals surface area contributed by atoms with Gasteiger partial charge in [0.25, 0.3) is 5.91 Å². The average molecular weight is 459 g/mol. The predicted molar refractivity (Wildman–Crippen MR) is 130 cm³/mol. The summed E-state index contributed by atoms with van der Waals surface area (Å²) in [5.41, 5.74) is 8.44. The second-order valence-electron chi connectivity index (χ2n) is 10.8. The average Bonchev–Trinajstić information content (AvgIpc) is 3.66. The van der Waals surface area contributed by atoms with Gasteiger partial charge in [-0.2, -0.15) is 0 Å². The third kappa shape index (κ3) is 3.86. The van der Waals surface area contributed by atoms with Gasteiger partial charge < -0.3 is 21.1 Å². The van der Waals surface area contributed by atoms with Crippen LogP contribution in [0.5, 0.6) is 5.88 Å². The van der Waals surface area contributed by atoms with Crippen LogP contribution in [0.3, 0.4) is 0 Å². The lowest BCUT2D eigenvalue weighted by molar-refractivity contribution is 0.0895. The number of aromatic nitrogens is 3. The van der Waals surface area contributed by atoms with Crippen LogP contribution in [0.15, 0.2) is 30.6 Å². The first-order chi connectivity index (χ1) is 16.2. The molecule has 4 heterocycles. The van der Waals surface area contributed by atoms with Crippen molar-refractivity contribution in [3.05, 3.63) is 47.4 Å². The number of hydrogen-bond donors (Lipinski definition) is 3. The van der Waals surface area contributed by atoms with Gasteiger partial charge in [0.15, 0.2) is 0 Å². The van der Waals surface area contributed by atoms with Crippen LogP contribution in [0.1, 0.15) is 68.1 Å². The summed E-state index contributed by atoms with van der Waals surface area (Å²) >= 11 is 0. The van der Waals surface area contributed by atoms with Crippen LogP contribution in [0, 0.1) is 5.92 Å². The largest absolute Gasteiger partial charge is 0.474 e. The lowest BCUT2D eigenvalue weighted by atomic mass is 9.86. The van der Waals surface area contributed by atoms with E-state index in [1.54, 1.807) is 0 Å². The van der Waals surface area contributed by atoms with Gasteiger partial charge >= 0.3 is 0 Å². The fraction of sp³-hybridized carbons (Fsp3) is 0.462. The highest BCUT2D eigenvalue weighted by molar-refractivity contribution is 5.97. The molecule has 2 saturated carbocycles. The van der Waals surface area contributed by atoms with Crippen molar-refractivity contribution in [3.8, 4) is 5.88 Å². The van der Waals surface area contributed by atoms with Gasteiger partial charge in [-0.1, -0.05) is 0 Å². The molecule has 3 aromatic rings. The lowest BCUT2D eigenvalue weighted by Crippen LogP contribution is -2.49. The van der Waals surface area contributed by atoms with Gasteiger partial charge in [-0.15, -0.1) is 0 Å². The smallest absolute Gasteiger partial charge is 0.253 e. The standard InChI is InChI=1S/C26H30N6O2/c1-25(2)11-20-16(23(33)32-25)8-9-21(30-20)31-22-10-17-18(12-28-22)24(34-15-6-7-15)29-13-19(17)26(3,27)14-4-5-14/h8-10,12-15H,4-7,11,27H2,1-3H3,(H,32,33)(H,28,30,31)/t26-/m1/s1. The number of nitrogens with two attached hydrogens (primary N) is 1. The molecule has 0 bridgehead atoms. The molecule has 8 heteroatoms. The second kappa shape index (κ2) is 7.37. The van der Waals surface area contributed by atoms with Crippen molar-refractivity contribution in [3.63, 3.8) is 0 Å². The number of amides is 1. The molecule has 4 N–H and O–H groups in total. The van der Waals surface area contributed by atoms with Crippen LogP contribution >= 0.6 is 0 Å². The highest BCUT2D eigenvalue weighted by Gasteiger charge is 2.41. The number of fused-ring (bicyclic) bond motifs is 2. The van der Waals surface area contributed by atoms with E-state index in [2.05, 4.69) is 27.5 Å². The van der Waals surface area contributed by atoms with Gasteiger partial charge in [-0.25, -0.2) is 15.0 Å². The first kappa shape index (κ1) is 21.3. The Hall–Kier alpha value is -3.26. The van der Waals surface area contributed by atoms with Gasteiger partial charge in [0.2, 0.25) is 5.88 Å². The van der Waals surface area contributed by atoms with E-state index in [1.165, 1.54) is 0 Å². The third-order valence-electron chi connectivity index (χ3n) is 7.08. The van der Waals surface area contributed by atoms with E-state index < -0.39 is 5.54 Å². The van der Waals surface area contributed by atoms with Crippen LogP contribution in [0.4, 0.5) is 11.6 Å². The number of nitrogens with one attached hydrogen (secondary N) is 2. The highest BCUT2D eigenvalue weighted by atomic mass is 16.5. The quantitative estimate of drug-likeness (QED) is 0.512. The topological polar surface area (TPSA) is 115 Å². The van der Waals surface area contributed by atoms with E-state index in [1.807, 2.05) is 44.4 Å². The highest BCUT2D eigenvalue weighted by Crippen LogP contribution is 2.46. The Balaban J connectivity index is 1.38. The molecule has 0 radical (unpaired) electrons. The Morgan fingerprint density at radius 1 is 1.12 bits per heavy atom. The molecular formula is C26H30N6O2. The summed E-state index contributed by atoms with van der Waals surface area (Å²) in [6.07, 6.45) is 8.99. The molecule has 2 fully saturated rings. The number of rotatable bonds is 6. The fourth-order valence-corrected chi connectivity index (χ4v) is 4.83. The Bertz CT molecular complexity index is 1310. The third-order valence-corrected chi connectivity index (χ3v) is 7.08. The van der Waals surface area contributed by atoms with Crippen LogP contribution in [0.25, 0.3) is 10.8 Å². The van der Waals surface area contributed by atoms with Crippen molar-refractivity contribution < 1.29 is 9.53 Å². The molecule has 6 rings (SSSR count). The van der Waals surface area contributed by atoms with Crippen LogP contribution in [0.2, 0.25) is 0 Å². The molecule has 0 unspecified atom stereocenters. The molecule has 0 spiro atoms. The van der Waals surface area contributed by atoms with Crippen molar-refractivity contribution in [1.82, 2.24) is 20.3 Å². The summed E-state index contributed by atoms with van der Waals surface area (Å²) in [6, 6.07) is 5.64. The van der Waals surface area contributed by atoms with Gasteiger partial charge in [0.1, 0.15) is 17.7 Å². The van der Waals surface area contributed by atoms with Crippen LogP contribution in [-0.2, 0) is 12.0 Å². The van der Waals surface area contributed by atoms with Gasteiger partial charge in [-0.05, 0) is 81.5 Å². The minimum Gasteiger partial charge on any atom is -0.474 e. The van der Waals surface area contributed by atoms with Crippen LogP contribution in [-0.4, -0.2) is 32.5 Å². The van der Waals surface area contributed by atoms with E-state index in [0.29, 0.717) is 35.4 Å². The second-order valence-corrected chi connectivity index (χ2v) is 10.8. The molecule has 2 aliphatic carbocycles.